The van der Waals surface area contributed by atoms with E-state index in [1.165, 1.54) is 11.1 Å². The lowest BCUT2D eigenvalue weighted by Crippen LogP contribution is -2.36. The van der Waals surface area contributed by atoms with Gasteiger partial charge < -0.3 is 9.47 Å². The number of aromatic nitrogens is 2. The molecule has 0 N–H and O–H groups in total. The molecule has 1 saturated heterocycles. The quantitative estimate of drug-likeness (QED) is 0.562. The van der Waals surface area contributed by atoms with E-state index in [-0.39, 0.29) is 11.9 Å². The van der Waals surface area contributed by atoms with Crippen molar-refractivity contribution < 1.29 is 4.79 Å². The number of nitrogens with zero attached hydrogens (tertiary/aromatic N) is 4. The van der Waals surface area contributed by atoms with Gasteiger partial charge >= 0.3 is 0 Å². The summed E-state index contributed by atoms with van der Waals surface area (Å²) in [5, 5.41) is 11.0. The lowest BCUT2D eigenvalue weighted by molar-refractivity contribution is -0.125. The summed E-state index contributed by atoms with van der Waals surface area (Å²) in [5.74, 6) is 1.97. The number of carbonyl (C=O) groups excluding carboxylic acids is 1. The van der Waals surface area contributed by atoms with E-state index in [4.69, 9.17) is 4.98 Å². The smallest absolute Gasteiger partial charge is 0.246 e. The van der Waals surface area contributed by atoms with Crippen LogP contribution in [0.1, 0.15) is 39.7 Å². The van der Waals surface area contributed by atoms with E-state index in [0.29, 0.717) is 5.56 Å². The molecule has 1 aromatic carbocycles. The SMILES string of the molecule is Cc1cc(C)c2c(C#N)c(/C=C/C(=O)N3CCSCC3)n(C3Cc4ccccc4C3)c2n1. The number of amides is 1. The van der Waals surface area contributed by atoms with Crippen LogP contribution in [0.2, 0.25) is 0 Å². The van der Waals surface area contributed by atoms with Gasteiger partial charge in [0.15, 0.2) is 0 Å². The molecule has 162 valence electrons. The maximum atomic E-state index is 12.8. The second-order valence-electron chi connectivity index (χ2n) is 8.62. The van der Waals surface area contributed by atoms with Gasteiger partial charge in [0.1, 0.15) is 11.7 Å². The number of rotatable bonds is 3. The van der Waals surface area contributed by atoms with Crippen LogP contribution >= 0.6 is 11.8 Å². The summed E-state index contributed by atoms with van der Waals surface area (Å²) in [5.41, 5.74) is 6.93. The molecule has 6 heteroatoms. The Labute approximate surface area is 192 Å². The Bertz CT molecular complexity index is 1250. The number of nitriles is 1. The first kappa shape index (κ1) is 20.8. The molecule has 32 heavy (non-hydrogen) atoms. The van der Waals surface area contributed by atoms with E-state index >= 15 is 0 Å². The Morgan fingerprint density at radius 1 is 1.19 bits per heavy atom. The Morgan fingerprint density at radius 2 is 1.88 bits per heavy atom. The number of thioether (sulfide) groups is 1. The molecule has 0 unspecified atom stereocenters. The number of pyridine rings is 1. The minimum Gasteiger partial charge on any atom is -0.338 e. The highest BCUT2D eigenvalue weighted by molar-refractivity contribution is 7.99. The predicted octanol–water partition coefficient (Wildman–Crippen LogP) is 4.45. The molecule has 0 bridgehead atoms. The van der Waals surface area contributed by atoms with Gasteiger partial charge in [0.2, 0.25) is 5.91 Å². The van der Waals surface area contributed by atoms with Crippen molar-refractivity contribution in [3.8, 4) is 6.07 Å². The van der Waals surface area contributed by atoms with Crippen LogP contribution in [-0.2, 0) is 17.6 Å². The molecular weight excluding hydrogens is 416 g/mol. The van der Waals surface area contributed by atoms with Crippen molar-refractivity contribution in [1.82, 2.24) is 14.5 Å². The molecule has 1 fully saturated rings. The normalized spacial score (nSPS) is 16.6. The molecular formula is C26H26N4OS. The first-order chi connectivity index (χ1) is 15.6. The number of benzene rings is 1. The van der Waals surface area contributed by atoms with E-state index in [1.54, 1.807) is 6.08 Å². The molecule has 5 rings (SSSR count). The maximum Gasteiger partial charge on any atom is 0.246 e. The summed E-state index contributed by atoms with van der Waals surface area (Å²) < 4.78 is 2.21. The van der Waals surface area contributed by atoms with Gasteiger partial charge in [-0.1, -0.05) is 24.3 Å². The molecule has 1 aliphatic heterocycles. The lowest BCUT2D eigenvalue weighted by Gasteiger charge is -2.25. The molecule has 1 amide bonds. The van der Waals surface area contributed by atoms with Gasteiger partial charge in [0, 0.05) is 47.8 Å². The maximum absolute atomic E-state index is 12.8. The van der Waals surface area contributed by atoms with Crippen molar-refractivity contribution in [3.63, 3.8) is 0 Å². The minimum atomic E-state index is 0.0153. The van der Waals surface area contributed by atoms with Crippen LogP contribution in [0.5, 0.6) is 0 Å². The summed E-state index contributed by atoms with van der Waals surface area (Å²) in [6, 6.07) is 13.2. The first-order valence-electron chi connectivity index (χ1n) is 11.1. The fourth-order valence-electron chi connectivity index (χ4n) is 5.07. The fourth-order valence-corrected chi connectivity index (χ4v) is 5.97. The summed E-state index contributed by atoms with van der Waals surface area (Å²) in [6.07, 6.45) is 5.29. The van der Waals surface area contributed by atoms with Crippen LogP contribution in [0.25, 0.3) is 17.1 Å². The van der Waals surface area contributed by atoms with E-state index < -0.39 is 0 Å². The van der Waals surface area contributed by atoms with Gasteiger partial charge in [0.25, 0.3) is 0 Å². The summed E-state index contributed by atoms with van der Waals surface area (Å²) in [7, 11) is 0. The predicted molar refractivity (Wildman–Crippen MR) is 130 cm³/mol. The van der Waals surface area contributed by atoms with Gasteiger partial charge in [-0.15, -0.1) is 0 Å². The van der Waals surface area contributed by atoms with Gasteiger partial charge in [-0.3, -0.25) is 4.79 Å². The van der Waals surface area contributed by atoms with Crippen LogP contribution in [0.3, 0.4) is 0 Å². The zero-order chi connectivity index (χ0) is 22.2. The van der Waals surface area contributed by atoms with E-state index in [2.05, 4.69) is 34.9 Å². The highest BCUT2D eigenvalue weighted by Crippen LogP contribution is 2.37. The summed E-state index contributed by atoms with van der Waals surface area (Å²) in [6.45, 7) is 5.59. The topological polar surface area (TPSA) is 61.9 Å². The molecule has 0 radical (unpaired) electrons. The van der Waals surface area contributed by atoms with Crippen LogP contribution in [0, 0.1) is 25.2 Å². The van der Waals surface area contributed by atoms with E-state index in [0.717, 1.165) is 65.4 Å². The highest BCUT2D eigenvalue weighted by Gasteiger charge is 2.29. The third kappa shape index (κ3) is 3.61. The van der Waals surface area contributed by atoms with Crippen molar-refractivity contribution in [2.45, 2.75) is 32.7 Å². The first-order valence-corrected chi connectivity index (χ1v) is 12.3. The van der Waals surface area contributed by atoms with Crippen molar-refractivity contribution in [1.29, 1.82) is 5.26 Å². The number of fused-ring (bicyclic) bond motifs is 2. The largest absolute Gasteiger partial charge is 0.338 e. The van der Waals surface area contributed by atoms with E-state index in [9.17, 15) is 10.1 Å². The Morgan fingerprint density at radius 3 is 2.53 bits per heavy atom. The van der Waals surface area contributed by atoms with Gasteiger partial charge in [0.05, 0.1) is 11.3 Å². The molecule has 2 aromatic heterocycles. The van der Waals surface area contributed by atoms with Gasteiger partial charge in [-0.2, -0.15) is 17.0 Å². The zero-order valence-corrected chi connectivity index (χ0v) is 19.3. The van der Waals surface area contributed by atoms with E-state index in [1.807, 2.05) is 42.7 Å². The van der Waals surface area contributed by atoms with Gasteiger partial charge in [-0.25, -0.2) is 4.98 Å². The average molecular weight is 443 g/mol. The van der Waals surface area contributed by atoms with Crippen molar-refractivity contribution in [2.75, 3.05) is 24.6 Å². The number of hydrogen-bond donors (Lipinski definition) is 0. The molecule has 1 aliphatic carbocycles. The molecule has 3 aromatic rings. The van der Waals surface area contributed by atoms with Crippen LogP contribution in [-0.4, -0.2) is 45.0 Å². The lowest BCUT2D eigenvalue weighted by atomic mass is 10.1. The van der Waals surface area contributed by atoms with Gasteiger partial charge in [-0.05, 0) is 55.5 Å². The monoisotopic (exact) mass is 442 g/mol. The molecule has 5 nitrogen and oxygen atoms in total. The average Bonchev–Trinajstić information content (AvgIpc) is 3.36. The fraction of sp³-hybridized carbons (Fsp3) is 0.346. The zero-order valence-electron chi connectivity index (χ0n) is 18.5. The second-order valence-corrected chi connectivity index (χ2v) is 9.85. The highest BCUT2D eigenvalue weighted by atomic mass is 32.2. The summed E-state index contributed by atoms with van der Waals surface area (Å²) >= 11 is 1.88. The summed E-state index contributed by atoms with van der Waals surface area (Å²) in [4.78, 5) is 19.6. The number of carbonyl (C=O) groups is 1. The minimum absolute atomic E-state index is 0.0153. The Balaban J connectivity index is 1.63. The number of aryl methyl sites for hydroxylation is 2. The Hall–Kier alpha value is -3.04. The van der Waals surface area contributed by atoms with Crippen LogP contribution in [0.15, 0.2) is 36.4 Å². The Kier molecular flexibility index (Phi) is 5.52. The van der Waals surface area contributed by atoms with Crippen LogP contribution in [0.4, 0.5) is 0 Å². The second kappa shape index (κ2) is 8.48. The molecule has 2 aliphatic rings. The number of hydrogen-bond acceptors (Lipinski definition) is 4. The van der Waals surface area contributed by atoms with Crippen molar-refractivity contribution in [3.05, 3.63) is 70.0 Å². The van der Waals surface area contributed by atoms with Crippen molar-refractivity contribution in [2.24, 2.45) is 0 Å². The third-order valence-corrected chi connectivity index (χ3v) is 7.47. The molecule has 0 spiro atoms. The molecule has 3 heterocycles. The third-order valence-electron chi connectivity index (χ3n) is 6.53. The van der Waals surface area contributed by atoms with Crippen molar-refractivity contribution >= 4 is 34.8 Å². The van der Waals surface area contributed by atoms with Crippen LogP contribution < -0.4 is 0 Å². The molecule has 0 atom stereocenters. The molecule has 0 saturated carbocycles. The standard InChI is InChI=1S/C26H26N4OS/c1-17-13-18(2)28-26-25(17)22(16-27)23(7-8-24(31)29-9-11-32-12-10-29)30(26)21-14-19-5-3-4-6-20(19)15-21/h3-8,13,21H,9-12,14-15H2,1-2H3/b8-7+.